The van der Waals surface area contributed by atoms with E-state index in [0.717, 1.165) is 45.1 Å². The van der Waals surface area contributed by atoms with Gasteiger partial charge in [-0.2, -0.15) is 0 Å². The van der Waals surface area contributed by atoms with Crippen LogP contribution in [0, 0.1) is 5.41 Å². The van der Waals surface area contributed by atoms with Crippen molar-refractivity contribution in [1.29, 1.82) is 0 Å². The second-order valence-electron chi connectivity index (χ2n) is 8.87. The number of ether oxygens (including phenoxy) is 1. The van der Waals surface area contributed by atoms with E-state index < -0.39 is 5.60 Å². The molecular formula is C17H32N2O2. The van der Waals surface area contributed by atoms with Crippen molar-refractivity contribution in [2.45, 2.75) is 90.3 Å². The molecule has 0 aromatic heterocycles. The second kappa shape index (κ2) is 5.45. The number of amides is 1. The Morgan fingerprint density at radius 3 is 2.43 bits per heavy atom. The van der Waals surface area contributed by atoms with Gasteiger partial charge in [0.1, 0.15) is 5.60 Å². The van der Waals surface area contributed by atoms with E-state index in [1.54, 1.807) is 0 Å². The number of piperidine rings is 1. The number of hydrogen-bond acceptors (Lipinski definition) is 3. The van der Waals surface area contributed by atoms with Gasteiger partial charge in [0, 0.05) is 18.1 Å². The molecule has 1 aliphatic carbocycles. The van der Waals surface area contributed by atoms with Gasteiger partial charge in [-0.15, -0.1) is 0 Å². The Hall–Kier alpha value is -0.770. The standard InChI is InChI=1S/C17H32N2O2/c1-15(2,3)21-14(20)19-12-16(4,5)8-6-13(19)7-9-17(18)10-11-17/h13H,6-12,18H2,1-5H3. The number of nitrogens with zero attached hydrogens (tertiary/aromatic N) is 1. The average Bonchev–Trinajstić information content (AvgIpc) is 3.03. The minimum Gasteiger partial charge on any atom is -0.444 e. The lowest BCUT2D eigenvalue weighted by Gasteiger charge is -2.44. The summed E-state index contributed by atoms with van der Waals surface area (Å²) in [7, 11) is 0. The van der Waals surface area contributed by atoms with E-state index in [-0.39, 0.29) is 23.1 Å². The summed E-state index contributed by atoms with van der Waals surface area (Å²) in [4.78, 5) is 14.5. The SMILES string of the molecule is CC1(C)CCC(CCC2(N)CC2)N(C(=O)OC(C)(C)C)C1. The molecule has 21 heavy (non-hydrogen) atoms. The van der Waals surface area contributed by atoms with Gasteiger partial charge in [0.15, 0.2) is 0 Å². The van der Waals surface area contributed by atoms with E-state index in [1.807, 2.05) is 25.7 Å². The summed E-state index contributed by atoms with van der Waals surface area (Å²) in [6.07, 6.45) is 6.36. The maximum atomic E-state index is 12.5. The predicted molar refractivity (Wildman–Crippen MR) is 85.1 cm³/mol. The monoisotopic (exact) mass is 296 g/mol. The molecule has 1 unspecified atom stereocenters. The molecule has 1 saturated heterocycles. The summed E-state index contributed by atoms with van der Waals surface area (Å²) in [5, 5.41) is 0. The van der Waals surface area contributed by atoms with Crippen molar-refractivity contribution < 1.29 is 9.53 Å². The maximum Gasteiger partial charge on any atom is 0.410 e. The molecule has 1 saturated carbocycles. The molecule has 4 nitrogen and oxygen atoms in total. The average molecular weight is 296 g/mol. The number of carbonyl (C=O) groups is 1. The summed E-state index contributed by atoms with van der Waals surface area (Å²) in [5.41, 5.74) is 6.01. The fourth-order valence-corrected chi connectivity index (χ4v) is 3.08. The Balaban J connectivity index is 2.00. The van der Waals surface area contributed by atoms with Crippen molar-refractivity contribution >= 4 is 6.09 Å². The molecule has 122 valence electrons. The Kier molecular flexibility index (Phi) is 4.31. The van der Waals surface area contributed by atoms with Crippen LogP contribution >= 0.6 is 0 Å². The number of likely N-dealkylation sites (tertiary alicyclic amines) is 1. The molecule has 1 aliphatic heterocycles. The zero-order chi connectivity index (χ0) is 15.9. The van der Waals surface area contributed by atoms with Crippen LogP contribution in [0.5, 0.6) is 0 Å². The maximum absolute atomic E-state index is 12.5. The van der Waals surface area contributed by atoms with Gasteiger partial charge in [-0.3, -0.25) is 0 Å². The molecule has 0 aromatic rings. The zero-order valence-electron chi connectivity index (χ0n) is 14.4. The molecule has 2 aliphatic rings. The first-order chi connectivity index (χ1) is 9.50. The number of carbonyl (C=O) groups excluding carboxylic acids is 1. The van der Waals surface area contributed by atoms with E-state index >= 15 is 0 Å². The molecule has 2 N–H and O–H groups in total. The Morgan fingerprint density at radius 1 is 1.29 bits per heavy atom. The van der Waals surface area contributed by atoms with Crippen LogP contribution in [0.2, 0.25) is 0 Å². The molecule has 1 atom stereocenters. The normalized spacial score (nSPS) is 27.3. The van der Waals surface area contributed by atoms with Crippen LogP contribution in [0.25, 0.3) is 0 Å². The van der Waals surface area contributed by atoms with E-state index in [0.29, 0.717) is 0 Å². The van der Waals surface area contributed by atoms with Gasteiger partial charge in [-0.05, 0) is 64.7 Å². The molecule has 0 aromatic carbocycles. The topological polar surface area (TPSA) is 55.6 Å². The van der Waals surface area contributed by atoms with Crippen molar-refractivity contribution in [1.82, 2.24) is 4.90 Å². The lowest BCUT2D eigenvalue weighted by atomic mass is 9.80. The van der Waals surface area contributed by atoms with Crippen LogP contribution in [0.1, 0.15) is 73.1 Å². The second-order valence-corrected chi connectivity index (χ2v) is 8.87. The highest BCUT2D eigenvalue weighted by Crippen LogP contribution is 2.40. The first-order valence-corrected chi connectivity index (χ1v) is 8.28. The molecule has 0 bridgehead atoms. The number of rotatable bonds is 3. The highest BCUT2D eigenvalue weighted by atomic mass is 16.6. The van der Waals surface area contributed by atoms with E-state index in [1.165, 1.54) is 0 Å². The third-order valence-electron chi connectivity index (χ3n) is 4.69. The molecule has 0 spiro atoms. The first kappa shape index (κ1) is 16.6. The third kappa shape index (κ3) is 4.87. The molecule has 2 rings (SSSR count). The van der Waals surface area contributed by atoms with Crippen molar-refractivity contribution in [3.05, 3.63) is 0 Å². The van der Waals surface area contributed by atoms with Gasteiger partial charge >= 0.3 is 6.09 Å². The smallest absolute Gasteiger partial charge is 0.410 e. The van der Waals surface area contributed by atoms with Crippen LogP contribution in [-0.4, -0.2) is 34.7 Å². The zero-order valence-corrected chi connectivity index (χ0v) is 14.4. The van der Waals surface area contributed by atoms with Crippen LogP contribution < -0.4 is 5.73 Å². The van der Waals surface area contributed by atoms with Crippen LogP contribution in [0.15, 0.2) is 0 Å². The molecule has 1 heterocycles. The minimum absolute atomic E-state index is 0.0621. The quantitative estimate of drug-likeness (QED) is 0.864. The summed E-state index contributed by atoms with van der Waals surface area (Å²) < 4.78 is 5.60. The van der Waals surface area contributed by atoms with Crippen molar-refractivity contribution in [2.24, 2.45) is 11.1 Å². The number of hydrogen-bond donors (Lipinski definition) is 1. The number of nitrogens with two attached hydrogens (primary N) is 1. The van der Waals surface area contributed by atoms with Gasteiger partial charge in [-0.1, -0.05) is 13.8 Å². The van der Waals surface area contributed by atoms with E-state index in [9.17, 15) is 4.79 Å². The molecule has 0 radical (unpaired) electrons. The van der Waals surface area contributed by atoms with Crippen molar-refractivity contribution in [3.63, 3.8) is 0 Å². The Morgan fingerprint density at radius 2 is 1.90 bits per heavy atom. The third-order valence-corrected chi connectivity index (χ3v) is 4.69. The van der Waals surface area contributed by atoms with Gasteiger partial charge in [-0.25, -0.2) is 4.79 Å². The Bertz CT molecular complexity index is 394. The van der Waals surface area contributed by atoms with Gasteiger partial charge in [0.25, 0.3) is 0 Å². The first-order valence-electron chi connectivity index (χ1n) is 8.28. The summed E-state index contributed by atoms with van der Waals surface area (Å²) in [5.74, 6) is 0. The lowest BCUT2D eigenvalue weighted by Crippen LogP contribution is -2.51. The Labute approximate surface area is 129 Å². The van der Waals surface area contributed by atoms with Crippen molar-refractivity contribution in [2.75, 3.05) is 6.54 Å². The molecule has 2 fully saturated rings. The highest BCUT2D eigenvalue weighted by Gasteiger charge is 2.42. The van der Waals surface area contributed by atoms with Gasteiger partial charge < -0.3 is 15.4 Å². The van der Waals surface area contributed by atoms with Crippen molar-refractivity contribution in [3.8, 4) is 0 Å². The summed E-state index contributed by atoms with van der Waals surface area (Å²) in [6, 6.07) is 0.286. The van der Waals surface area contributed by atoms with Crippen LogP contribution in [0.4, 0.5) is 4.79 Å². The minimum atomic E-state index is -0.436. The van der Waals surface area contributed by atoms with Crippen LogP contribution in [0.3, 0.4) is 0 Å². The van der Waals surface area contributed by atoms with Gasteiger partial charge in [0.2, 0.25) is 0 Å². The van der Waals surface area contributed by atoms with E-state index in [4.69, 9.17) is 10.5 Å². The van der Waals surface area contributed by atoms with Gasteiger partial charge in [0.05, 0.1) is 0 Å². The highest BCUT2D eigenvalue weighted by molar-refractivity contribution is 5.68. The fraction of sp³-hybridized carbons (Fsp3) is 0.941. The predicted octanol–water partition coefficient (Wildman–Crippen LogP) is 3.68. The molecule has 4 heteroatoms. The largest absolute Gasteiger partial charge is 0.444 e. The van der Waals surface area contributed by atoms with E-state index in [2.05, 4.69) is 13.8 Å². The fourth-order valence-electron chi connectivity index (χ4n) is 3.08. The molecule has 1 amide bonds. The summed E-state index contributed by atoms with van der Waals surface area (Å²) in [6.45, 7) is 11.0. The summed E-state index contributed by atoms with van der Waals surface area (Å²) >= 11 is 0. The lowest BCUT2D eigenvalue weighted by molar-refractivity contribution is -0.00936. The van der Waals surface area contributed by atoms with Crippen LogP contribution in [-0.2, 0) is 4.74 Å². The molecular weight excluding hydrogens is 264 g/mol.